The quantitative estimate of drug-likeness (QED) is 0.519. The highest BCUT2D eigenvalue weighted by atomic mass is 35.5. The van der Waals surface area contributed by atoms with Gasteiger partial charge in [-0.25, -0.2) is 4.99 Å². The van der Waals surface area contributed by atoms with Crippen LogP contribution in [0, 0.1) is 0 Å². The second-order valence-electron chi connectivity index (χ2n) is 3.12. The molecule has 1 aromatic rings. The molecule has 0 aliphatic rings. The third kappa shape index (κ3) is 3.52. The number of benzene rings is 1. The Morgan fingerprint density at radius 1 is 1.47 bits per heavy atom. The summed E-state index contributed by atoms with van der Waals surface area (Å²) in [6.45, 7) is 0. The van der Waals surface area contributed by atoms with Crippen molar-refractivity contribution in [1.29, 1.82) is 0 Å². The fourth-order valence-corrected chi connectivity index (χ4v) is 1.20. The normalized spacial score (nSPS) is 12.6. The second-order valence-corrected chi connectivity index (χ2v) is 3.39. The lowest BCUT2D eigenvalue weighted by molar-refractivity contribution is -0.137. The Balaban J connectivity index is 3.25. The van der Waals surface area contributed by atoms with E-state index in [0.29, 0.717) is 0 Å². The lowest BCUT2D eigenvalue weighted by Crippen LogP contribution is -2.12. The van der Waals surface area contributed by atoms with E-state index >= 15 is 0 Å². The highest BCUT2D eigenvalue weighted by Crippen LogP contribution is 2.36. The summed E-state index contributed by atoms with van der Waals surface area (Å²) >= 11 is 5.41. The molecule has 0 bridgehead atoms. The van der Waals surface area contributed by atoms with E-state index in [4.69, 9.17) is 22.1 Å². The molecule has 0 aromatic heterocycles. The van der Waals surface area contributed by atoms with Gasteiger partial charge in [0.2, 0.25) is 0 Å². The highest BCUT2D eigenvalue weighted by molar-refractivity contribution is 6.28. The first kappa shape index (κ1) is 13.6. The monoisotopic (exact) mass is 266 g/mol. The number of alkyl halides is 4. The number of aliphatic imine (C=N–C) groups is 1. The summed E-state index contributed by atoms with van der Waals surface area (Å²) in [7, 11) is 1.33. The number of hydrogen-bond acceptors (Lipinski definition) is 2. The Labute approximate surface area is 101 Å². The molecular formula is C10H10ClF3N2O. The van der Waals surface area contributed by atoms with Crippen LogP contribution in [0.5, 0.6) is 5.75 Å². The van der Waals surface area contributed by atoms with Crippen LogP contribution >= 0.6 is 11.6 Å². The molecule has 0 unspecified atom stereocenters. The Kier molecular flexibility index (Phi) is 4.22. The first-order valence-electron chi connectivity index (χ1n) is 4.52. The van der Waals surface area contributed by atoms with Gasteiger partial charge in [-0.2, -0.15) is 13.2 Å². The second kappa shape index (κ2) is 5.27. The van der Waals surface area contributed by atoms with Crippen molar-refractivity contribution in [2.75, 3.05) is 13.0 Å². The summed E-state index contributed by atoms with van der Waals surface area (Å²) in [6.07, 6.45) is -4.44. The molecule has 0 radical (unpaired) electrons. The van der Waals surface area contributed by atoms with Crippen LogP contribution in [0.2, 0.25) is 0 Å². The van der Waals surface area contributed by atoms with Crippen molar-refractivity contribution in [3.05, 3.63) is 23.8 Å². The van der Waals surface area contributed by atoms with Crippen molar-refractivity contribution in [2.45, 2.75) is 6.18 Å². The van der Waals surface area contributed by atoms with Gasteiger partial charge in [0.15, 0.2) is 0 Å². The Morgan fingerprint density at radius 2 is 2.12 bits per heavy atom. The minimum Gasteiger partial charge on any atom is -0.494 e. The zero-order valence-electron chi connectivity index (χ0n) is 8.88. The van der Waals surface area contributed by atoms with Crippen molar-refractivity contribution in [1.82, 2.24) is 0 Å². The Hall–Kier alpha value is -1.43. The van der Waals surface area contributed by atoms with E-state index in [-0.39, 0.29) is 23.2 Å². The largest absolute Gasteiger partial charge is 0.494 e. The van der Waals surface area contributed by atoms with E-state index < -0.39 is 11.7 Å². The predicted molar refractivity (Wildman–Crippen MR) is 60.0 cm³/mol. The molecule has 0 atom stereocenters. The molecule has 7 heteroatoms. The molecule has 3 nitrogen and oxygen atoms in total. The summed E-state index contributed by atoms with van der Waals surface area (Å²) in [5.41, 5.74) is 4.55. The van der Waals surface area contributed by atoms with Gasteiger partial charge in [0.25, 0.3) is 0 Å². The van der Waals surface area contributed by atoms with Crippen LogP contribution in [0.3, 0.4) is 0 Å². The molecule has 0 aliphatic heterocycles. The lowest BCUT2D eigenvalue weighted by atomic mass is 10.2. The van der Waals surface area contributed by atoms with Crippen LogP contribution in [0.25, 0.3) is 0 Å². The molecule has 17 heavy (non-hydrogen) atoms. The first-order valence-corrected chi connectivity index (χ1v) is 5.06. The van der Waals surface area contributed by atoms with E-state index in [9.17, 15) is 13.2 Å². The van der Waals surface area contributed by atoms with E-state index in [1.165, 1.54) is 13.2 Å². The van der Waals surface area contributed by atoms with E-state index in [0.717, 1.165) is 12.1 Å². The van der Waals surface area contributed by atoms with Crippen LogP contribution in [0.15, 0.2) is 23.2 Å². The minimum absolute atomic E-state index is 0.000440. The maximum atomic E-state index is 12.5. The number of amidine groups is 1. The van der Waals surface area contributed by atoms with Gasteiger partial charge in [-0.1, -0.05) is 0 Å². The average molecular weight is 267 g/mol. The maximum Gasteiger partial charge on any atom is 0.416 e. The molecule has 94 valence electrons. The molecule has 1 aromatic carbocycles. The van der Waals surface area contributed by atoms with Gasteiger partial charge in [0.1, 0.15) is 17.3 Å². The molecular weight excluding hydrogens is 257 g/mol. The van der Waals surface area contributed by atoms with Crippen molar-refractivity contribution >= 4 is 23.1 Å². The van der Waals surface area contributed by atoms with Crippen LogP contribution in [-0.2, 0) is 6.18 Å². The molecule has 1 rings (SSSR count). The first-order chi connectivity index (χ1) is 7.88. The van der Waals surface area contributed by atoms with Gasteiger partial charge in [-0.15, -0.1) is 11.6 Å². The zero-order valence-corrected chi connectivity index (χ0v) is 9.64. The molecule has 2 N–H and O–H groups in total. The third-order valence-corrected chi connectivity index (χ3v) is 2.18. The minimum atomic E-state index is -4.44. The fraction of sp³-hybridized carbons (Fsp3) is 0.300. The predicted octanol–water partition coefficient (Wildman–Crippen LogP) is 2.94. The van der Waals surface area contributed by atoms with Crippen LogP contribution < -0.4 is 10.5 Å². The summed E-state index contributed by atoms with van der Waals surface area (Å²) in [4.78, 5) is 3.76. The van der Waals surface area contributed by atoms with Crippen LogP contribution in [-0.4, -0.2) is 18.8 Å². The Bertz CT molecular complexity index is 432. The van der Waals surface area contributed by atoms with E-state index in [2.05, 4.69) is 4.99 Å². The van der Waals surface area contributed by atoms with Crippen LogP contribution in [0.4, 0.5) is 18.9 Å². The number of nitrogens with two attached hydrogens (primary N) is 1. The van der Waals surface area contributed by atoms with Gasteiger partial charge in [-0.05, 0) is 18.2 Å². The molecule has 0 aliphatic carbocycles. The maximum absolute atomic E-state index is 12.5. The molecule has 0 spiro atoms. The summed E-state index contributed by atoms with van der Waals surface area (Å²) in [5, 5.41) is 0. The van der Waals surface area contributed by atoms with Crippen molar-refractivity contribution in [2.24, 2.45) is 10.7 Å². The lowest BCUT2D eigenvalue weighted by Gasteiger charge is -2.10. The number of nitrogens with zero attached hydrogens (tertiary/aromatic N) is 1. The Morgan fingerprint density at radius 3 is 2.59 bits per heavy atom. The number of hydrogen-bond donors (Lipinski definition) is 1. The van der Waals surface area contributed by atoms with Crippen molar-refractivity contribution in [3.63, 3.8) is 0 Å². The third-order valence-electron chi connectivity index (χ3n) is 1.91. The fourth-order valence-electron chi connectivity index (χ4n) is 1.14. The van der Waals surface area contributed by atoms with Crippen molar-refractivity contribution < 1.29 is 17.9 Å². The summed E-state index contributed by atoms with van der Waals surface area (Å²) in [5.74, 6) is 0.148. The van der Waals surface area contributed by atoms with Gasteiger partial charge in [-0.3, -0.25) is 0 Å². The number of halogens is 4. The van der Waals surface area contributed by atoms with Gasteiger partial charge < -0.3 is 10.5 Å². The standard InChI is InChI=1S/C10H10ClF3N2O/c1-17-8-3-2-6(10(12,13)14)4-7(8)16-9(15)5-11/h2-4H,5H2,1H3,(H2,15,16). The topological polar surface area (TPSA) is 47.6 Å². The number of methoxy groups -OCH3 is 1. The number of rotatable bonds is 3. The molecule has 0 heterocycles. The average Bonchev–Trinajstić information content (AvgIpc) is 2.27. The molecule has 0 amide bonds. The van der Waals surface area contributed by atoms with Gasteiger partial charge in [0, 0.05) is 0 Å². The summed E-state index contributed by atoms with van der Waals surface area (Å²) in [6, 6.07) is 2.95. The molecule has 0 saturated heterocycles. The van der Waals surface area contributed by atoms with Crippen molar-refractivity contribution in [3.8, 4) is 5.75 Å². The number of ether oxygens (including phenoxy) is 1. The van der Waals surface area contributed by atoms with Gasteiger partial charge >= 0.3 is 6.18 Å². The van der Waals surface area contributed by atoms with E-state index in [1.807, 2.05) is 0 Å². The molecule has 0 saturated carbocycles. The highest BCUT2D eigenvalue weighted by Gasteiger charge is 2.31. The zero-order chi connectivity index (χ0) is 13.1. The summed E-state index contributed by atoms with van der Waals surface area (Å²) < 4.78 is 42.3. The SMILES string of the molecule is COc1ccc(C(F)(F)F)cc1N=C(N)CCl. The molecule has 0 fully saturated rings. The smallest absolute Gasteiger partial charge is 0.416 e. The van der Waals surface area contributed by atoms with Crippen LogP contribution in [0.1, 0.15) is 5.56 Å². The van der Waals surface area contributed by atoms with Gasteiger partial charge in [0.05, 0.1) is 18.6 Å². The van der Waals surface area contributed by atoms with E-state index in [1.54, 1.807) is 0 Å².